The first kappa shape index (κ1) is 14.2. The fourth-order valence-electron chi connectivity index (χ4n) is 2.52. The molecule has 1 heterocycles. The van der Waals surface area contributed by atoms with Crippen LogP contribution in [0.1, 0.15) is 32.6 Å². The summed E-state index contributed by atoms with van der Waals surface area (Å²) >= 11 is 0. The van der Waals surface area contributed by atoms with Gasteiger partial charge in [-0.05, 0) is 37.5 Å². The molecule has 1 atom stereocenters. The third-order valence-electron chi connectivity index (χ3n) is 3.90. The summed E-state index contributed by atoms with van der Waals surface area (Å²) in [5, 5.41) is 9.19. The highest BCUT2D eigenvalue weighted by Gasteiger charge is 2.35. The van der Waals surface area contributed by atoms with Crippen LogP contribution in [0.25, 0.3) is 0 Å². The van der Waals surface area contributed by atoms with Crippen molar-refractivity contribution in [2.24, 2.45) is 11.8 Å². The SMILES string of the molecule is CCN(CC1CC1)S(=O)(=O)N1CCCC(CO)C1. The van der Waals surface area contributed by atoms with Gasteiger partial charge in [-0.1, -0.05) is 6.92 Å². The van der Waals surface area contributed by atoms with Crippen molar-refractivity contribution in [2.45, 2.75) is 32.6 Å². The molecule has 0 spiro atoms. The number of aliphatic hydroxyl groups excluding tert-OH is 1. The molecule has 5 nitrogen and oxygen atoms in total. The Morgan fingerprint density at radius 2 is 2.00 bits per heavy atom. The van der Waals surface area contributed by atoms with Gasteiger partial charge in [-0.15, -0.1) is 0 Å². The maximum atomic E-state index is 12.5. The zero-order valence-corrected chi connectivity index (χ0v) is 11.9. The minimum absolute atomic E-state index is 0.0841. The summed E-state index contributed by atoms with van der Waals surface area (Å²) in [6.07, 6.45) is 4.10. The first-order chi connectivity index (χ1) is 8.57. The highest BCUT2D eigenvalue weighted by molar-refractivity contribution is 7.86. The van der Waals surface area contributed by atoms with Crippen LogP contribution in [0, 0.1) is 11.8 Å². The van der Waals surface area contributed by atoms with E-state index in [1.807, 2.05) is 6.92 Å². The van der Waals surface area contributed by atoms with Crippen LogP contribution < -0.4 is 0 Å². The van der Waals surface area contributed by atoms with Gasteiger partial charge in [0.1, 0.15) is 0 Å². The summed E-state index contributed by atoms with van der Waals surface area (Å²) < 4.78 is 28.2. The van der Waals surface area contributed by atoms with Crippen molar-refractivity contribution in [1.82, 2.24) is 8.61 Å². The molecule has 2 aliphatic rings. The van der Waals surface area contributed by atoms with E-state index < -0.39 is 10.2 Å². The van der Waals surface area contributed by atoms with Gasteiger partial charge in [0.15, 0.2) is 0 Å². The normalized spacial score (nSPS) is 26.7. The van der Waals surface area contributed by atoms with Gasteiger partial charge in [0, 0.05) is 32.8 Å². The molecule has 1 aliphatic carbocycles. The second kappa shape index (κ2) is 5.86. The zero-order chi connectivity index (χ0) is 13.2. The van der Waals surface area contributed by atoms with E-state index in [1.54, 1.807) is 8.61 Å². The van der Waals surface area contributed by atoms with Crippen molar-refractivity contribution in [3.05, 3.63) is 0 Å². The number of aliphatic hydroxyl groups is 1. The lowest BCUT2D eigenvalue weighted by molar-refractivity contribution is 0.160. The predicted molar refractivity (Wildman–Crippen MR) is 70.3 cm³/mol. The Kier molecular flexibility index (Phi) is 4.64. The maximum absolute atomic E-state index is 12.5. The summed E-state index contributed by atoms with van der Waals surface area (Å²) in [6, 6.07) is 0. The van der Waals surface area contributed by atoms with Crippen molar-refractivity contribution in [3.8, 4) is 0 Å². The fourth-order valence-corrected chi connectivity index (χ4v) is 4.33. The van der Waals surface area contributed by atoms with E-state index in [2.05, 4.69) is 0 Å². The van der Waals surface area contributed by atoms with Gasteiger partial charge in [-0.25, -0.2) is 0 Å². The molecule has 18 heavy (non-hydrogen) atoms. The number of rotatable bonds is 6. The monoisotopic (exact) mass is 276 g/mol. The van der Waals surface area contributed by atoms with Crippen molar-refractivity contribution in [2.75, 3.05) is 32.8 Å². The summed E-state index contributed by atoms with van der Waals surface area (Å²) in [4.78, 5) is 0. The van der Waals surface area contributed by atoms with Crippen LogP contribution in [0.15, 0.2) is 0 Å². The molecule has 106 valence electrons. The quantitative estimate of drug-likeness (QED) is 0.775. The summed E-state index contributed by atoms with van der Waals surface area (Å²) in [5.41, 5.74) is 0. The van der Waals surface area contributed by atoms with Gasteiger partial charge < -0.3 is 5.11 Å². The molecule has 0 aromatic carbocycles. The van der Waals surface area contributed by atoms with Crippen LogP contribution in [-0.2, 0) is 10.2 Å². The van der Waals surface area contributed by atoms with E-state index in [-0.39, 0.29) is 12.5 Å². The number of nitrogens with zero attached hydrogens (tertiary/aromatic N) is 2. The topological polar surface area (TPSA) is 60.9 Å². The Morgan fingerprint density at radius 3 is 2.56 bits per heavy atom. The van der Waals surface area contributed by atoms with Gasteiger partial charge in [0.2, 0.25) is 0 Å². The van der Waals surface area contributed by atoms with Crippen LogP contribution >= 0.6 is 0 Å². The van der Waals surface area contributed by atoms with Crippen LogP contribution in [-0.4, -0.2) is 54.9 Å². The van der Waals surface area contributed by atoms with Crippen molar-refractivity contribution >= 4 is 10.2 Å². The molecule has 1 N–H and O–H groups in total. The fraction of sp³-hybridized carbons (Fsp3) is 1.00. The summed E-state index contributed by atoms with van der Waals surface area (Å²) in [5.74, 6) is 0.673. The predicted octanol–water partition coefficient (Wildman–Crippen LogP) is 0.667. The molecule has 1 aliphatic heterocycles. The Morgan fingerprint density at radius 1 is 1.28 bits per heavy atom. The Bertz CT molecular complexity index is 368. The molecular weight excluding hydrogens is 252 g/mol. The summed E-state index contributed by atoms with van der Waals surface area (Å²) in [6.45, 7) is 4.26. The van der Waals surface area contributed by atoms with Gasteiger partial charge in [0.05, 0.1) is 0 Å². The molecule has 2 rings (SSSR count). The van der Waals surface area contributed by atoms with Crippen LogP contribution in [0.3, 0.4) is 0 Å². The van der Waals surface area contributed by atoms with Crippen LogP contribution in [0.4, 0.5) is 0 Å². The molecule has 0 amide bonds. The highest BCUT2D eigenvalue weighted by atomic mass is 32.2. The third-order valence-corrected chi connectivity index (χ3v) is 5.95. The Balaban J connectivity index is 2.02. The lowest BCUT2D eigenvalue weighted by atomic mass is 10.0. The zero-order valence-electron chi connectivity index (χ0n) is 11.1. The minimum atomic E-state index is -3.32. The van der Waals surface area contributed by atoms with E-state index in [1.165, 1.54) is 0 Å². The van der Waals surface area contributed by atoms with Gasteiger partial charge in [-0.2, -0.15) is 17.0 Å². The number of hydrogen-bond donors (Lipinski definition) is 1. The first-order valence-corrected chi connectivity index (χ1v) is 8.33. The minimum Gasteiger partial charge on any atom is -0.396 e. The lowest BCUT2D eigenvalue weighted by Gasteiger charge is -2.34. The largest absolute Gasteiger partial charge is 0.396 e. The van der Waals surface area contributed by atoms with E-state index in [4.69, 9.17) is 0 Å². The van der Waals surface area contributed by atoms with E-state index >= 15 is 0 Å². The molecule has 0 aromatic heterocycles. The second-order valence-electron chi connectivity index (χ2n) is 5.45. The standard InChI is InChI=1S/C12H24N2O3S/c1-2-13(8-11-5-6-11)18(16,17)14-7-3-4-12(9-14)10-15/h11-12,15H,2-10H2,1H3. The smallest absolute Gasteiger partial charge is 0.281 e. The van der Waals surface area contributed by atoms with E-state index in [0.29, 0.717) is 32.1 Å². The third kappa shape index (κ3) is 3.23. The molecule has 0 radical (unpaired) electrons. The second-order valence-corrected chi connectivity index (χ2v) is 7.38. The number of hydrogen-bond acceptors (Lipinski definition) is 3. The van der Waals surface area contributed by atoms with Crippen LogP contribution in [0.2, 0.25) is 0 Å². The van der Waals surface area contributed by atoms with Gasteiger partial charge >= 0.3 is 0 Å². The molecule has 2 fully saturated rings. The molecular formula is C12H24N2O3S. The van der Waals surface area contributed by atoms with Gasteiger partial charge in [-0.3, -0.25) is 0 Å². The maximum Gasteiger partial charge on any atom is 0.281 e. The molecule has 1 saturated heterocycles. The number of piperidine rings is 1. The van der Waals surface area contributed by atoms with Crippen molar-refractivity contribution in [3.63, 3.8) is 0 Å². The average molecular weight is 276 g/mol. The van der Waals surface area contributed by atoms with Gasteiger partial charge in [0.25, 0.3) is 10.2 Å². The molecule has 6 heteroatoms. The molecule has 0 aromatic rings. The van der Waals surface area contributed by atoms with E-state index in [9.17, 15) is 13.5 Å². The highest BCUT2D eigenvalue weighted by Crippen LogP contribution is 2.31. The van der Waals surface area contributed by atoms with Crippen molar-refractivity contribution in [1.29, 1.82) is 0 Å². The first-order valence-electron chi connectivity index (χ1n) is 6.94. The Labute approximate surface area is 110 Å². The van der Waals surface area contributed by atoms with Crippen LogP contribution in [0.5, 0.6) is 0 Å². The Hall–Kier alpha value is -0.170. The van der Waals surface area contributed by atoms with E-state index in [0.717, 1.165) is 25.7 Å². The average Bonchev–Trinajstić information content (AvgIpc) is 3.19. The molecule has 0 bridgehead atoms. The van der Waals surface area contributed by atoms with Crippen molar-refractivity contribution < 1.29 is 13.5 Å². The molecule has 1 saturated carbocycles. The lowest BCUT2D eigenvalue weighted by Crippen LogP contribution is -2.49. The molecule has 1 unspecified atom stereocenters. The summed E-state index contributed by atoms with van der Waals surface area (Å²) in [7, 11) is -3.32.